The maximum absolute atomic E-state index is 12.3. The predicted molar refractivity (Wildman–Crippen MR) is 103 cm³/mol. The van der Waals surface area contributed by atoms with E-state index in [-0.39, 0.29) is 12.0 Å². The Labute approximate surface area is 161 Å². The SMILES string of the molecule is CS(=O)(=O)NC(=O)CCCn1ccc(-c2ccc(-n3cncn3)cc2)cc1=O. The van der Waals surface area contributed by atoms with Crippen molar-refractivity contribution in [2.24, 2.45) is 0 Å². The Kier molecular flexibility index (Phi) is 5.69. The summed E-state index contributed by atoms with van der Waals surface area (Å²) < 4.78 is 27.0. The van der Waals surface area contributed by atoms with E-state index in [0.717, 1.165) is 23.1 Å². The molecule has 0 bridgehead atoms. The summed E-state index contributed by atoms with van der Waals surface area (Å²) in [7, 11) is -3.56. The van der Waals surface area contributed by atoms with E-state index in [1.807, 2.05) is 35.1 Å². The average molecular weight is 401 g/mol. The molecular formula is C18H19N5O4S. The smallest absolute Gasteiger partial charge is 0.251 e. The molecule has 3 aromatic rings. The van der Waals surface area contributed by atoms with Crippen molar-refractivity contribution in [3.8, 4) is 16.8 Å². The van der Waals surface area contributed by atoms with Crippen molar-refractivity contribution in [1.29, 1.82) is 0 Å². The summed E-state index contributed by atoms with van der Waals surface area (Å²) in [6, 6.07) is 10.9. The van der Waals surface area contributed by atoms with Crippen molar-refractivity contribution in [3.63, 3.8) is 0 Å². The van der Waals surface area contributed by atoms with E-state index in [2.05, 4.69) is 10.1 Å². The molecule has 0 fully saturated rings. The van der Waals surface area contributed by atoms with Gasteiger partial charge in [0.15, 0.2) is 0 Å². The monoisotopic (exact) mass is 401 g/mol. The first-order valence-corrected chi connectivity index (χ1v) is 10.4. The molecule has 0 aliphatic rings. The molecule has 3 rings (SSSR count). The van der Waals surface area contributed by atoms with Gasteiger partial charge in [-0.2, -0.15) is 5.10 Å². The third-order valence-corrected chi connectivity index (χ3v) is 4.58. The molecule has 28 heavy (non-hydrogen) atoms. The minimum Gasteiger partial charge on any atom is -0.315 e. The minimum absolute atomic E-state index is 0.0189. The van der Waals surface area contributed by atoms with Crippen molar-refractivity contribution >= 4 is 15.9 Å². The van der Waals surface area contributed by atoms with E-state index in [1.54, 1.807) is 17.2 Å². The van der Waals surface area contributed by atoms with E-state index < -0.39 is 15.9 Å². The van der Waals surface area contributed by atoms with Gasteiger partial charge in [-0.15, -0.1) is 0 Å². The summed E-state index contributed by atoms with van der Waals surface area (Å²) in [6.45, 7) is 0.321. The highest BCUT2D eigenvalue weighted by Crippen LogP contribution is 2.19. The summed E-state index contributed by atoms with van der Waals surface area (Å²) in [5, 5.41) is 4.07. The number of pyridine rings is 1. The normalized spacial score (nSPS) is 11.3. The van der Waals surface area contributed by atoms with Crippen molar-refractivity contribution in [2.75, 3.05) is 6.26 Å². The zero-order valence-electron chi connectivity index (χ0n) is 15.1. The van der Waals surface area contributed by atoms with Crippen LogP contribution in [0.4, 0.5) is 0 Å². The molecule has 0 saturated heterocycles. The van der Waals surface area contributed by atoms with Gasteiger partial charge < -0.3 is 4.57 Å². The van der Waals surface area contributed by atoms with Crippen LogP contribution in [-0.4, -0.2) is 39.9 Å². The zero-order valence-corrected chi connectivity index (χ0v) is 16.0. The fourth-order valence-corrected chi connectivity index (χ4v) is 3.20. The first-order valence-electron chi connectivity index (χ1n) is 8.48. The first-order chi connectivity index (χ1) is 13.3. The largest absolute Gasteiger partial charge is 0.315 e. The topological polar surface area (TPSA) is 116 Å². The van der Waals surface area contributed by atoms with Gasteiger partial charge in [0.25, 0.3) is 5.56 Å². The Bertz CT molecular complexity index is 1120. The molecule has 0 atom stereocenters. The van der Waals surface area contributed by atoms with Gasteiger partial charge in [-0.05, 0) is 35.7 Å². The van der Waals surface area contributed by atoms with Crippen molar-refractivity contribution < 1.29 is 13.2 Å². The summed E-state index contributed by atoms with van der Waals surface area (Å²) in [5.74, 6) is -0.584. The number of aryl methyl sites for hydroxylation is 1. The lowest BCUT2D eigenvalue weighted by Crippen LogP contribution is -2.29. The molecule has 1 N–H and O–H groups in total. The number of aromatic nitrogens is 4. The van der Waals surface area contributed by atoms with E-state index >= 15 is 0 Å². The molecule has 9 nitrogen and oxygen atoms in total. The third-order valence-electron chi connectivity index (χ3n) is 3.98. The van der Waals surface area contributed by atoms with Gasteiger partial charge >= 0.3 is 0 Å². The molecule has 0 aliphatic carbocycles. The number of hydrogen-bond donors (Lipinski definition) is 1. The molecule has 0 spiro atoms. The van der Waals surface area contributed by atoms with E-state index in [4.69, 9.17) is 0 Å². The average Bonchev–Trinajstić information content (AvgIpc) is 3.16. The lowest BCUT2D eigenvalue weighted by atomic mass is 10.1. The quantitative estimate of drug-likeness (QED) is 0.630. The lowest BCUT2D eigenvalue weighted by Gasteiger charge is -2.08. The molecule has 0 aliphatic heterocycles. The van der Waals surface area contributed by atoms with Crippen molar-refractivity contribution in [3.05, 3.63) is 65.6 Å². The second-order valence-electron chi connectivity index (χ2n) is 6.23. The van der Waals surface area contributed by atoms with E-state index in [9.17, 15) is 18.0 Å². The van der Waals surface area contributed by atoms with E-state index in [1.165, 1.54) is 17.0 Å². The fraction of sp³-hybridized carbons (Fsp3) is 0.222. The number of carbonyl (C=O) groups is 1. The van der Waals surface area contributed by atoms with Crippen LogP contribution in [0.5, 0.6) is 0 Å². The minimum atomic E-state index is -3.56. The molecule has 146 valence electrons. The van der Waals surface area contributed by atoms with Gasteiger partial charge in [-0.3, -0.25) is 14.3 Å². The number of nitrogens with zero attached hydrogens (tertiary/aromatic N) is 4. The summed E-state index contributed by atoms with van der Waals surface area (Å²) in [4.78, 5) is 27.7. The molecule has 0 unspecified atom stereocenters. The van der Waals surface area contributed by atoms with Gasteiger partial charge in [0, 0.05) is 25.2 Å². The lowest BCUT2D eigenvalue weighted by molar-refractivity contribution is -0.119. The van der Waals surface area contributed by atoms with Crippen LogP contribution in [0.2, 0.25) is 0 Å². The maximum Gasteiger partial charge on any atom is 0.251 e. The molecule has 1 amide bonds. The number of amides is 1. The van der Waals surface area contributed by atoms with Crippen LogP contribution in [0, 0.1) is 0 Å². The molecule has 2 heterocycles. The number of benzene rings is 1. The van der Waals surface area contributed by atoms with E-state index in [0.29, 0.717) is 13.0 Å². The Morgan fingerprint density at radius 2 is 1.89 bits per heavy atom. The van der Waals surface area contributed by atoms with Gasteiger partial charge in [0.1, 0.15) is 12.7 Å². The molecular weight excluding hydrogens is 382 g/mol. The third kappa shape index (κ3) is 5.13. The second-order valence-corrected chi connectivity index (χ2v) is 7.98. The van der Waals surface area contributed by atoms with Crippen molar-refractivity contribution in [1.82, 2.24) is 24.1 Å². The number of hydrogen-bond acceptors (Lipinski definition) is 6. The number of sulfonamides is 1. The van der Waals surface area contributed by atoms with Gasteiger partial charge in [0.2, 0.25) is 15.9 Å². The summed E-state index contributed by atoms with van der Waals surface area (Å²) in [6.07, 6.45) is 6.02. The Morgan fingerprint density at radius 3 is 2.50 bits per heavy atom. The van der Waals surface area contributed by atoms with Crippen LogP contribution < -0.4 is 10.3 Å². The Hall–Kier alpha value is -3.27. The summed E-state index contributed by atoms with van der Waals surface area (Å²) in [5.41, 5.74) is 2.34. The number of rotatable bonds is 7. The second kappa shape index (κ2) is 8.17. The van der Waals surface area contributed by atoms with Gasteiger partial charge in [-0.25, -0.2) is 18.1 Å². The highest BCUT2D eigenvalue weighted by molar-refractivity contribution is 7.89. The van der Waals surface area contributed by atoms with Crippen LogP contribution >= 0.6 is 0 Å². The molecule has 10 heteroatoms. The van der Waals surface area contributed by atoms with Crippen LogP contribution in [-0.2, 0) is 21.4 Å². The molecule has 0 radical (unpaired) electrons. The zero-order chi connectivity index (χ0) is 20.1. The molecule has 0 saturated carbocycles. The predicted octanol–water partition coefficient (Wildman–Crippen LogP) is 0.952. The number of carbonyl (C=O) groups excluding carboxylic acids is 1. The fourth-order valence-electron chi connectivity index (χ4n) is 2.69. The molecule has 2 aromatic heterocycles. The Balaban J connectivity index is 1.64. The highest BCUT2D eigenvalue weighted by atomic mass is 32.2. The van der Waals surface area contributed by atoms with Crippen LogP contribution in [0.25, 0.3) is 16.8 Å². The highest BCUT2D eigenvalue weighted by Gasteiger charge is 2.08. The first kappa shape index (κ1) is 19.5. The van der Waals surface area contributed by atoms with Gasteiger partial charge in [-0.1, -0.05) is 12.1 Å². The van der Waals surface area contributed by atoms with Crippen LogP contribution in [0.1, 0.15) is 12.8 Å². The van der Waals surface area contributed by atoms with Gasteiger partial charge in [0.05, 0.1) is 11.9 Å². The van der Waals surface area contributed by atoms with Crippen LogP contribution in [0.15, 0.2) is 60.0 Å². The molecule has 1 aromatic carbocycles. The standard InChI is InChI=1S/C18H19N5O4S/c1-28(26,27)21-17(24)3-2-9-22-10-8-15(11-18(22)25)14-4-6-16(7-5-14)23-13-19-12-20-23/h4-8,10-13H,2-3,9H2,1H3,(H,21,24). The maximum atomic E-state index is 12.3. The summed E-state index contributed by atoms with van der Waals surface area (Å²) >= 11 is 0. The van der Waals surface area contributed by atoms with Crippen LogP contribution in [0.3, 0.4) is 0 Å². The Morgan fingerprint density at radius 1 is 1.14 bits per heavy atom. The van der Waals surface area contributed by atoms with Crippen molar-refractivity contribution in [2.45, 2.75) is 19.4 Å². The number of nitrogens with one attached hydrogen (secondary N) is 1.